The van der Waals surface area contributed by atoms with Crippen molar-refractivity contribution in [2.24, 2.45) is 0 Å². The maximum Gasteiger partial charge on any atom is 0.417 e. The Morgan fingerprint density at radius 1 is 1.00 bits per heavy atom. The Morgan fingerprint density at radius 3 is 2.23 bits per heavy atom. The van der Waals surface area contributed by atoms with Gasteiger partial charge in [0.2, 0.25) is 10.0 Å². The van der Waals surface area contributed by atoms with Crippen LogP contribution in [0, 0.1) is 0 Å². The molecule has 2 bridgehead atoms. The first-order valence-electron chi connectivity index (χ1n) is 8.47. The first-order chi connectivity index (χ1) is 12.3. The average Bonchev–Trinajstić information content (AvgIpc) is 3.21. The largest absolute Gasteiger partial charge is 0.417 e. The lowest BCUT2D eigenvalue weighted by atomic mass is 10.00. The Balaban J connectivity index is 1.69. The topological polar surface area (TPSA) is 55.2 Å². The average molecular weight is 385 g/mol. The maximum atomic E-state index is 13.3. The number of alkyl halides is 3. The zero-order chi connectivity index (χ0) is 18.5. The van der Waals surface area contributed by atoms with Gasteiger partial charge in [0.1, 0.15) is 0 Å². The van der Waals surface area contributed by atoms with E-state index in [1.807, 2.05) is 16.9 Å². The van der Waals surface area contributed by atoms with Crippen molar-refractivity contribution in [1.82, 2.24) is 14.1 Å². The van der Waals surface area contributed by atoms with Crippen LogP contribution in [-0.4, -0.2) is 34.6 Å². The summed E-state index contributed by atoms with van der Waals surface area (Å²) in [5, 5.41) is 4.23. The second-order valence-corrected chi connectivity index (χ2v) is 8.64. The molecular formula is C17H18F3N3O2S. The molecule has 26 heavy (non-hydrogen) atoms. The third-order valence-electron chi connectivity index (χ3n) is 5.29. The molecule has 0 N–H and O–H groups in total. The number of fused-ring (bicyclic) bond motifs is 2. The Morgan fingerprint density at radius 2 is 1.65 bits per heavy atom. The van der Waals surface area contributed by atoms with E-state index < -0.39 is 26.7 Å². The molecule has 140 valence electrons. The third kappa shape index (κ3) is 2.83. The number of rotatable bonds is 3. The predicted octanol–water partition coefficient (Wildman–Crippen LogP) is 3.46. The summed E-state index contributed by atoms with van der Waals surface area (Å²) < 4.78 is 69.3. The molecular weight excluding hydrogens is 367 g/mol. The van der Waals surface area contributed by atoms with Gasteiger partial charge in [0.05, 0.1) is 16.5 Å². The van der Waals surface area contributed by atoms with Crippen LogP contribution in [0.3, 0.4) is 0 Å². The molecule has 2 aliphatic heterocycles. The summed E-state index contributed by atoms with van der Waals surface area (Å²) in [7, 11) is -4.22. The van der Waals surface area contributed by atoms with Gasteiger partial charge in [-0.05, 0) is 43.9 Å². The van der Waals surface area contributed by atoms with Crippen LogP contribution in [0.1, 0.15) is 37.3 Å². The number of hydrogen-bond donors (Lipinski definition) is 0. The summed E-state index contributed by atoms with van der Waals surface area (Å²) in [5.41, 5.74) is -1.10. The Labute approximate surface area is 149 Å². The number of halogens is 3. The minimum atomic E-state index is -4.71. The van der Waals surface area contributed by atoms with Crippen molar-refractivity contribution in [2.45, 2.75) is 54.9 Å². The summed E-state index contributed by atoms with van der Waals surface area (Å²) in [4.78, 5) is -0.651. The van der Waals surface area contributed by atoms with Gasteiger partial charge in [0.25, 0.3) is 0 Å². The van der Waals surface area contributed by atoms with E-state index in [1.165, 1.54) is 16.4 Å². The van der Waals surface area contributed by atoms with Gasteiger partial charge >= 0.3 is 6.18 Å². The lowest BCUT2D eigenvalue weighted by molar-refractivity contribution is -0.139. The highest BCUT2D eigenvalue weighted by Crippen LogP contribution is 2.45. The van der Waals surface area contributed by atoms with Gasteiger partial charge < -0.3 is 0 Å². The molecule has 2 unspecified atom stereocenters. The normalized spacial score (nSPS) is 27.0. The van der Waals surface area contributed by atoms with Crippen molar-refractivity contribution in [3.05, 3.63) is 48.3 Å². The van der Waals surface area contributed by atoms with Crippen LogP contribution in [0.2, 0.25) is 0 Å². The first kappa shape index (κ1) is 17.5. The van der Waals surface area contributed by atoms with E-state index in [4.69, 9.17) is 0 Å². The minimum Gasteiger partial charge on any atom is -0.270 e. The monoisotopic (exact) mass is 385 g/mol. The van der Waals surface area contributed by atoms with Crippen LogP contribution >= 0.6 is 0 Å². The van der Waals surface area contributed by atoms with E-state index in [0.29, 0.717) is 25.7 Å². The molecule has 1 aromatic heterocycles. The van der Waals surface area contributed by atoms with Crippen LogP contribution in [0.5, 0.6) is 0 Å². The molecule has 5 nitrogen and oxygen atoms in total. The summed E-state index contributed by atoms with van der Waals surface area (Å²) in [6.45, 7) is 0. The van der Waals surface area contributed by atoms with Gasteiger partial charge in [-0.2, -0.15) is 22.6 Å². The molecule has 4 rings (SSSR count). The second-order valence-electron chi connectivity index (χ2n) is 6.83. The fraction of sp³-hybridized carbons (Fsp3) is 0.471. The van der Waals surface area contributed by atoms with Crippen LogP contribution < -0.4 is 0 Å². The molecule has 2 atom stereocenters. The summed E-state index contributed by atoms with van der Waals surface area (Å²) in [5.74, 6) is 0. The van der Waals surface area contributed by atoms with Crippen molar-refractivity contribution in [3.63, 3.8) is 0 Å². The highest BCUT2D eigenvalue weighted by molar-refractivity contribution is 7.89. The van der Waals surface area contributed by atoms with E-state index in [9.17, 15) is 21.6 Å². The van der Waals surface area contributed by atoms with Crippen molar-refractivity contribution in [1.29, 1.82) is 0 Å². The summed E-state index contributed by atoms with van der Waals surface area (Å²) in [6.07, 6.45) is 1.25. The lowest BCUT2D eigenvalue weighted by Gasteiger charge is -2.38. The van der Waals surface area contributed by atoms with E-state index in [2.05, 4.69) is 5.10 Å². The molecule has 2 saturated heterocycles. The van der Waals surface area contributed by atoms with Crippen molar-refractivity contribution in [2.75, 3.05) is 0 Å². The highest BCUT2D eigenvalue weighted by atomic mass is 32.2. The Hall–Kier alpha value is -1.87. The molecule has 0 radical (unpaired) electrons. The van der Waals surface area contributed by atoms with Crippen LogP contribution in [0.25, 0.3) is 0 Å². The third-order valence-corrected chi connectivity index (χ3v) is 7.35. The maximum absolute atomic E-state index is 13.3. The van der Waals surface area contributed by atoms with Crippen LogP contribution in [0.15, 0.2) is 47.6 Å². The van der Waals surface area contributed by atoms with Crippen LogP contribution in [0.4, 0.5) is 13.2 Å². The SMILES string of the molecule is O=S(=O)(c1ccccc1C(F)(F)F)N1C2CCC1CC(n1cccn1)C2. The van der Waals surface area contributed by atoms with E-state index in [1.54, 1.807) is 6.20 Å². The quantitative estimate of drug-likeness (QED) is 0.813. The standard InChI is InChI=1S/C17H18F3N3O2S/c18-17(19,20)15-4-1-2-5-16(15)26(24,25)23-12-6-7-13(23)11-14(10-12)22-9-3-8-21-22/h1-5,8-9,12-14H,6-7,10-11H2. The van der Waals surface area contributed by atoms with Crippen molar-refractivity contribution >= 4 is 10.0 Å². The molecule has 9 heteroatoms. The first-order valence-corrected chi connectivity index (χ1v) is 9.91. The molecule has 2 aliphatic rings. The molecule has 0 spiro atoms. The molecule has 2 fully saturated rings. The number of benzene rings is 1. The van der Waals surface area contributed by atoms with Crippen LogP contribution in [-0.2, 0) is 16.2 Å². The van der Waals surface area contributed by atoms with Gasteiger partial charge in [0.15, 0.2) is 0 Å². The fourth-order valence-electron chi connectivity index (χ4n) is 4.25. The molecule has 0 amide bonds. The zero-order valence-corrected chi connectivity index (χ0v) is 14.6. The lowest BCUT2D eigenvalue weighted by Crippen LogP contribution is -2.47. The van der Waals surface area contributed by atoms with Gasteiger partial charge in [-0.25, -0.2) is 8.42 Å². The molecule has 1 aromatic carbocycles. The summed E-state index contributed by atoms with van der Waals surface area (Å²) in [6, 6.07) is 5.71. The molecule has 3 heterocycles. The number of sulfonamides is 1. The van der Waals surface area contributed by atoms with Crippen molar-refractivity contribution in [3.8, 4) is 0 Å². The number of nitrogens with zero attached hydrogens (tertiary/aromatic N) is 3. The van der Waals surface area contributed by atoms with Gasteiger partial charge in [0, 0.05) is 24.5 Å². The number of aromatic nitrogens is 2. The fourth-order valence-corrected chi connectivity index (χ4v) is 6.36. The molecule has 0 aliphatic carbocycles. The molecule has 2 aromatic rings. The van der Waals surface area contributed by atoms with E-state index in [0.717, 1.165) is 12.1 Å². The van der Waals surface area contributed by atoms with E-state index >= 15 is 0 Å². The van der Waals surface area contributed by atoms with Gasteiger partial charge in [-0.15, -0.1) is 0 Å². The second kappa shape index (κ2) is 6.09. The predicted molar refractivity (Wildman–Crippen MR) is 87.8 cm³/mol. The molecule has 0 saturated carbocycles. The minimum absolute atomic E-state index is 0.0757. The van der Waals surface area contributed by atoms with Gasteiger partial charge in [-0.1, -0.05) is 12.1 Å². The Bertz CT molecular complexity index is 882. The number of piperidine rings is 1. The summed E-state index contributed by atoms with van der Waals surface area (Å²) >= 11 is 0. The van der Waals surface area contributed by atoms with Gasteiger partial charge in [-0.3, -0.25) is 4.68 Å². The highest BCUT2D eigenvalue weighted by Gasteiger charge is 2.49. The zero-order valence-electron chi connectivity index (χ0n) is 13.8. The number of hydrogen-bond acceptors (Lipinski definition) is 3. The van der Waals surface area contributed by atoms with Crippen molar-refractivity contribution < 1.29 is 21.6 Å². The van der Waals surface area contributed by atoms with E-state index in [-0.39, 0.29) is 18.1 Å². The Kier molecular flexibility index (Phi) is 4.11. The smallest absolute Gasteiger partial charge is 0.270 e.